The first-order valence-electron chi connectivity index (χ1n) is 6.20. The van der Waals surface area contributed by atoms with Gasteiger partial charge in [0, 0.05) is 24.6 Å². The lowest BCUT2D eigenvalue weighted by Gasteiger charge is -2.09. The van der Waals surface area contributed by atoms with E-state index in [0.29, 0.717) is 17.8 Å². The molecule has 0 spiro atoms. The van der Waals surface area contributed by atoms with Crippen molar-refractivity contribution in [2.45, 2.75) is 13.3 Å². The van der Waals surface area contributed by atoms with Gasteiger partial charge < -0.3 is 11.1 Å². The third-order valence-corrected chi connectivity index (χ3v) is 3.02. The highest BCUT2D eigenvalue weighted by Gasteiger charge is 2.09. The minimum atomic E-state index is -0.129. The predicted octanol–water partition coefficient (Wildman–Crippen LogP) is 1.94. The van der Waals surface area contributed by atoms with Crippen LogP contribution in [0.1, 0.15) is 21.5 Å². The summed E-state index contributed by atoms with van der Waals surface area (Å²) in [5, 5.41) is 2.88. The Hall–Kier alpha value is -2.36. The number of hydrogen-bond donors (Lipinski definition) is 2. The van der Waals surface area contributed by atoms with Crippen LogP contribution >= 0.6 is 0 Å². The first-order valence-corrected chi connectivity index (χ1v) is 6.20. The van der Waals surface area contributed by atoms with Crippen LogP contribution in [0, 0.1) is 6.92 Å². The van der Waals surface area contributed by atoms with E-state index in [1.807, 2.05) is 31.2 Å². The Balaban J connectivity index is 1.93. The highest BCUT2D eigenvalue weighted by atomic mass is 16.1. The van der Waals surface area contributed by atoms with E-state index in [4.69, 9.17) is 5.73 Å². The van der Waals surface area contributed by atoms with Gasteiger partial charge in [0.2, 0.25) is 0 Å². The van der Waals surface area contributed by atoms with Crippen molar-refractivity contribution in [1.29, 1.82) is 0 Å². The molecule has 0 unspecified atom stereocenters. The van der Waals surface area contributed by atoms with Gasteiger partial charge in [-0.05, 0) is 42.7 Å². The number of aromatic nitrogens is 1. The van der Waals surface area contributed by atoms with Gasteiger partial charge in [-0.3, -0.25) is 9.78 Å². The zero-order valence-electron chi connectivity index (χ0n) is 10.9. The molecule has 0 aliphatic heterocycles. The van der Waals surface area contributed by atoms with Crippen LogP contribution in [0.4, 0.5) is 5.69 Å². The number of pyridine rings is 1. The van der Waals surface area contributed by atoms with Crippen molar-refractivity contribution in [3.05, 3.63) is 59.4 Å². The van der Waals surface area contributed by atoms with Gasteiger partial charge in [-0.2, -0.15) is 0 Å². The second-order valence-electron chi connectivity index (χ2n) is 4.40. The lowest BCUT2D eigenvalue weighted by molar-refractivity contribution is 0.0955. The van der Waals surface area contributed by atoms with Crippen LogP contribution in [0.15, 0.2) is 42.7 Å². The minimum absolute atomic E-state index is 0.129. The largest absolute Gasteiger partial charge is 0.398 e. The van der Waals surface area contributed by atoms with Crippen LogP contribution < -0.4 is 11.1 Å². The van der Waals surface area contributed by atoms with Gasteiger partial charge in [-0.25, -0.2) is 0 Å². The van der Waals surface area contributed by atoms with E-state index in [0.717, 1.165) is 17.5 Å². The number of carbonyl (C=O) groups is 1. The van der Waals surface area contributed by atoms with Gasteiger partial charge in [0.25, 0.3) is 5.91 Å². The SMILES string of the molecule is Cc1cccc(C(=O)NCCc2ccncc2)c1N. The van der Waals surface area contributed by atoms with Gasteiger partial charge in [0.15, 0.2) is 0 Å². The third-order valence-electron chi connectivity index (χ3n) is 3.02. The van der Waals surface area contributed by atoms with Gasteiger partial charge in [-0.15, -0.1) is 0 Å². The lowest BCUT2D eigenvalue weighted by Crippen LogP contribution is -2.26. The molecule has 0 aliphatic carbocycles. The third kappa shape index (κ3) is 3.31. The molecule has 0 radical (unpaired) electrons. The fourth-order valence-corrected chi connectivity index (χ4v) is 1.84. The molecule has 0 bridgehead atoms. The maximum atomic E-state index is 12.0. The van der Waals surface area contributed by atoms with E-state index in [-0.39, 0.29) is 5.91 Å². The zero-order valence-corrected chi connectivity index (χ0v) is 10.9. The summed E-state index contributed by atoms with van der Waals surface area (Å²) in [7, 11) is 0. The average Bonchev–Trinajstić information content (AvgIpc) is 2.43. The quantitative estimate of drug-likeness (QED) is 0.820. The number of benzene rings is 1. The van der Waals surface area contributed by atoms with Crippen molar-refractivity contribution in [3.8, 4) is 0 Å². The van der Waals surface area contributed by atoms with E-state index in [2.05, 4.69) is 10.3 Å². The number of nitrogens with two attached hydrogens (primary N) is 1. The van der Waals surface area contributed by atoms with Gasteiger partial charge >= 0.3 is 0 Å². The first kappa shape index (κ1) is 13.1. The number of hydrogen-bond acceptors (Lipinski definition) is 3. The molecule has 0 saturated carbocycles. The van der Waals surface area contributed by atoms with Crippen molar-refractivity contribution >= 4 is 11.6 Å². The second kappa shape index (κ2) is 6.00. The van der Waals surface area contributed by atoms with Crippen molar-refractivity contribution in [2.75, 3.05) is 12.3 Å². The van der Waals surface area contributed by atoms with Crippen molar-refractivity contribution in [1.82, 2.24) is 10.3 Å². The molecule has 0 fully saturated rings. The Morgan fingerprint density at radius 3 is 2.74 bits per heavy atom. The summed E-state index contributed by atoms with van der Waals surface area (Å²) in [5.41, 5.74) is 9.04. The van der Waals surface area contributed by atoms with Crippen LogP contribution in [0.2, 0.25) is 0 Å². The standard InChI is InChI=1S/C15H17N3O/c1-11-3-2-4-13(14(11)16)15(19)18-10-7-12-5-8-17-9-6-12/h2-6,8-9H,7,10,16H2,1H3,(H,18,19). The Labute approximate surface area is 112 Å². The fraction of sp³-hybridized carbons (Fsp3) is 0.200. The topological polar surface area (TPSA) is 68.0 Å². The smallest absolute Gasteiger partial charge is 0.253 e. The van der Waals surface area contributed by atoms with E-state index in [1.165, 1.54) is 0 Å². The number of carbonyl (C=O) groups excluding carboxylic acids is 1. The molecule has 0 atom stereocenters. The molecular formula is C15H17N3O. The molecule has 1 aromatic carbocycles. The summed E-state index contributed by atoms with van der Waals surface area (Å²) in [6.07, 6.45) is 4.27. The Kier molecular flexibility index (Phi) is 4.13. The number of para-hydroxylation sites is 1. The molecular weight excluding hydrogens is 238 g/mol. The van der Waals surface area contributed by atoms with Gasteiger partial charge in [0.05, 0.1) is 5.56 Å². The zero-order chi connectivity index (χ0) is 13.7. The Morgan fingerprint density at radius 2 is 2.00 bits per heavy atom. The number of anilines is 1. The summed E-state index contributed by atoms with van der Waals surface area (Å²) in [6, 6.07) is 9.34. The molecule has 1 aromatic heterocycles. The van der Waals surface area contributed by atoms with Crippen LogP contribution in [-0.4, -0.2) is 17.4 Å². The molecule has 1 heterocycles. The number of nitrogen functional groups attached to an aromatic ring is 1. The molecule has 2 rings (SSSR count). The first-order chi connectivity index (χ1) is 9.18. The van der Waals surface area contributed by atoms with Crippen LogP contribution in [0.25, 0.3) is 0 Å². The van der Waals surface area contributed by atoms with Crippen molar-refractivity contribution < 1.29 is 4.79 Å². The molecule has 3 N–H and O–H groups in total. The Morgan fingerprint density at radius 1 is 1.26 bits per heavy atom. The summed E-state index contributed by atoms with van der Waals surface area (Å²) in [5.74, 6) is -0.129. The van der Waals surface area contributed by atoms with Crippen LogP contribution in [0.3, 0.4) is 0 Å². The van der Waals surface area contributed by atoms with Gasteiger partial charge in [-0.1, -0.05) is 12.1 Å². The molecule has 98 valence electrons. The summed E-state index contributed by atoms with van der Waals surface area (Å²) >= 11 is 0. The van der Waals surface area contributed by atoms with Crippen LogP contribution in [-0.2, 0) is 6.42 Å². The summed E-state index contributed by atoms with van der Waals surface area (Å²) < 4.78 is 0. The fourth-order valence-electron chi connectivity index (χ4n) is 1.84. The normalized spacial score (nSPS) is 10.2. The van der Waals surface area contributed by atoms with E-state index in [1.54, 1.807) is 18.5 Å². The monoisotopic (exact) mass is 255 g/mol. The second-order valence-corrected chi connectivity index (χ2v) is 4.40. The summed E-state index contributed by atoms with van der Waals surface area (Å²) in [6.45, 7) is 2.47. The molecule has 1 amide bonds. The number of aryl methyl sites for hydroxylation is 1. The van der Waals surface area contributed by atoms with E-state index >= 15 is 0 Å². The van der Waals surface area contributed by atoms with Gasteiger partial charge in [0.1, 0.15) is 0 Å². The number of rotatable bonds is 4. The molecule has 4 heteroatoms. The highest BCUT2D eigenvalue weighted by Crippen LogP contribution is 2.15. The molecule has 4 nitrogen and oxygen atoms in total. The molecule has 0 aliphatic rings. The highest BCUT2D eigenvalue weighted by molar-refractivity contribution is 5.99. The molecule has 0 saturated heterocycles. The van der Waals surface area contributed by atoms with Crippen molar-refractivity contribution in [2.24, 2.45) is 0 Å². The minimum Gasteiger partial charge on any atom is -0.398 e. The Bertz CT molecular complexity index is 567. The maximum Gasteiger partial charge on any atom is 0.253 e. The summed E-state index contributed by atoms with van der Waals surface area (Å²) in [4.78, 5) is 16.0. The van der Waals surface area contributed by atoms with E-state index < -0.39 is 0 Å². The molecule has 19 heavy (non-hydrogen) atoms. The van der Waals surface area contributed by atoms with Crippen LogP contribution in [0.5, 0.6) is 0 Å². The number of amides is 1. The maximum absolute atomic E-state index is 12.0. The number of nitrogens with zero attached hydrogens (tertiary/aromatic N) is 1. The number of nitrogens with one attached hydrogen (secondary N) is 1. The van der Waals surface area contributed by atoms with E-state index in [9.17, 15) is 4.79 Å². The molecule has 2 aromatic rings. The van der Waals surface area contributed by atoms with Crippen molar-refractivity contribution in [3.63, 3.8) is 0 Å². The lowest BCUT2D eigenvalue weighted by atomic mass is 10.1. The predicted molar refractivity (Wildman–Crippen MR) is 75.9 cm³/mol. The average molecular weight is 255 g/mol.